The van der Waals surface area contributed by atoms with Crippen molar-refractivity contribution < 1.29 is 23.9 Å². The first-order valence-electron chi connectivity index (χ1n) is 9.32. The SMILES string of the molecule is CCOC(=O)C1=C(COC(=O)C2(c3ccc(Cl)cc3)CC2)NC(=O)N[C@@H]1CC. The summed E-state index contributed by atoms with van der Waals surface area (Å²) in [6.45, 7) is 3.56. The Morgan fingerprint density at radius 1 is 1.18 bits per heavy atom. The van der Waals surface area contributed by atoms with Crippen molar-refractivity contribution in [3.8, 4) is 0 Å². The number of benzene rings is 1. The van der Waals surface area contributed by atoms with Gasteiger partial charge in [0.1, 0.15) is 6.61 Å². The van der Waals surface area contributed by atoms with Crippen LogP contribution in [-0.4, -0.2) is 37.2 Å². The average molecular weight is 407 g/mol. The van der Waals surface area contributed by atoms with Crippen LogP contribution in [0, 0.1) is 0 Å². The van der Waals surface area contributed by atoms with E-state index >= 15 is 0 Å². The molecule has 0 radical (unpaired) electrons. The fraction of sp³-hybridized carbons (Fsp3) is 0.450. The summed E-state index contributed by atoms with van der Waals surface area (Å²) in [6, 6.07) is 6.19. The Morgan fingerprint density at radius 2 is 1.86 bits per heavy atom. The lowest BCUT2D eigenvalue weighted by Gasteiger charge is -2.28. The van der Waals surface area contributed by atoms with Gasteiger partial charge in [0.2, 0.25) is 0 Å². The molecule has 1 aromatic rings. The van der Waals surface area contributed by atoms with Crippen molar-refractivity contribution in [2.75, 3.05) is 13.2 Å². The van der Waals surface area contributed by atoms with Gasteiger partial charge in [0.15, 0.2) is 0 Å². The Labute approximate surface area is 168 Å². The minimum atomic E-state index is -0.684. The molecule has 0 unspecified atom stereocenters. The molecule has 1 aliphatic carbocycles. The van der Waals surface area contributed by atoms with Gasteiger partial charge >= 0.3 is 18.0 Å². The van der Waals surface area contributed by atoms with Crippen molar-refractivity contribution in [1.82, 2.24) is 10.6 Å². The van der Waals surface area contributed by atoms with Gasteiger partial charge in [0.25, 0.3) is 0 Å². The fourth-order valence-corrected chi connectivity index (χ4v) is 3.48. The Balaban J connectivity index is 1.78. The normalized spacial score (nSPS) is 20.1. The zero-order chi connectivity index (χ0) is 20.3. The molecular formula is C20H23ClN2O5. The lowest BCUT2D eigenvalue weighted by atomic mass is 9.96. The molecule has 0 aromatic heterocycles. The van der Waals surface area contributed by atoms with E-state index in [1.54, 1.807) is 19.1 Å². The maximum atomic E-state index is 12.8. The molecule has 28 heavy (non-hydrogen) atoms. The first-order chi connectivity index (χ1) is 13.4. The zero-order valence-corrected chi connectivity index (χ0v) is 16.6. The number of carbonyl (C=O) groups excluding carboxylic acids is 3. The number of amides is 2. The van der Waals surface area contributed by atoms with Crippen molar-refractivity contribution in [3.05, 3.63) is 46.1 Å². The van der Waals surface area contributed by atoms with Crippen LogP contribution in [0.4, 0.5) is 4.79 Å². The molecule has 1 atom stereocenters. The number of urea groups is 1. The van der Waals surface area contributed by atoms with E-state index in [2.05, 4.69) is 10.6 Å². The van der Waals surface area contributed by atoms with Crippen LogP contribution in [0.15, 0.2) is 35.5 Å². The second-order valence-electron chi connectivity index (χ2n) is 6.84. The summed E-state index contributed by atoms with van der Waals surface area (Å²) in [4.78, 5) is 37.0. The number of rotatable bonds is 7. The summed E-state index contributed by atoms with van der Waals surface area (Å²) >= 11 is 5.92. The molecule has 1 aliphatic heterocycles. The molecule has 0 saturated heterocycles. The van der Waals surface area contributed by atoms with Gasteiger partial charge in [-0.1, -0.05) is 30.7 Å². The topological polar surface area (TPSA) is 93.7 Å². The quantitative estimate of drug-likeness (QED) is 0.679. The highest BCUT2D eigenvalue weighted by Gasteiger charge is 2.53. The van der Waals surface area contributed by atoms with E-state index in [0.717, 1.165) is 5.56 Å². The van der Waals surface area contributed by atoms with E-state index < -0.39 is 23.5 Å². The Hall–Kier alpha value is -2.54. The Kier molecular flexibility index (Phi) is 5.93. The molecule has 0 bridgehead atoms. The van der Waals surface area contributed by atoms with E-state index in [0.29, 0.717) is 24.3 Å². The van der Waals surface area contributed by atoms with E-state index in [1.807, 2.05) is 19.1 Å². The van der Waals surface area contributed by atoms with E-state index in [-0.39, 0.29) is 30.5 Å². The Bertz CT molecular complexity index is 814. The fourth-order valence-electron chi connectivity index (χ4n) is 3.36. The van der Waals surface area contributed by atoms with Crippen molar-refractivity contribution in [2.45, 2.75) is 44.6 Å². The van der Waals surface area contributed by atoms with E-state index in [4.69, 9.17) is 21.1 Å². The van der Waals surface area contributed by atoms with Gasteiger partial charge in [-0.25, -0.2) is 9.59 Å². The summed E-state index contributed by atoms with van der Waals surface area (Å²) < 4.78 is 10.6. The standard InChI is InChI=1S/C20H23ClN2O5/c1-3-14-16(17(24)27-4-2)15(23-19(26)22-14)11-28-18(25)20(9-10-20)12-5-7-13(21)8-6-12/h5-8,14H,3-4,9-11H2,1-2H3,(H2,22,23,26)/t14-/m1/s1. The Morgan fingerprint density at radius 3 is 2.43 bits per heavy atom. The number of nitrogens with one attached hydrogen (secondary N) is 2. The molecule has 2 aliphatic rings. The number of hydrogen-bond donors (Lipinski definition) is 2. The first-order valence-corrected chi connectivity index (χ1v) is 9.70. The molecule has 3 rings (SSSR count). The third-order valence-electron chi connectivity index (χ3n) is 5.03. The highest BCUT2D eigenvalue weighted by Crippen LogP contribution is 2.49. The lowest BCUT2D eigenvalue weighted by Crippen LogP contribution is -2.51. The molecule has 7 nitrogen and oxygen atoms in total. The van der Waals surface area contributed by atoms with Gasteiger partial charge in [-0.15, -0.1) is 0 Å². The molecule has 1 fully saturated rings. The van der Waals surface area contributed by atoms with Crippen molar-refractivity contribution in [2.24, 2.45) is 0 Å². The monoisotopic (exact) mass is 406 g/mol. The van der Waals surface area contributed by atoms with E-state index in [9.17, 15) is 14.4 Å². The summed E-state index contributed by atoms with van der Waals surface area (Å²) in [5.41, 5.74) is 0.709. The van der Waals surface area contributed by atoms with E-state index in [1.165, 1.54) is 0 Å². The number of halogens is 1. The molecule has 2 N–H and O–H groups in total. The summed E-state index contributed by atoms with van der Waals surface area (Å²) in [7, 11) is 0. The van der Waals surface area contributed by atoms with Crippen LogP contribution in [0.2, 0.25) is 5.02 Å². The van der Waals surface area contributed by atoms with Crippen LogP contribution in [0.25, 0.3) is 0 Å². The molecular weight excluding hydrogens is 384 g/mol. The van der Waals surface area contributed by atoms with Crippen LogP contribution in [0.3, 0.4) is 0 Å². The molecule has 150 valence electrons. The second kappa shape index (κ2) is 8.22. The zero-order valence-electron chi connectivity index (χ0n) is 15.8. The summed E-state index contributed by atoms with van der Waals surface area (Å²) in [6.07, 6.45) is 1.87. The third-order valence-corrected chi connectivity index (χ3v) is 5.28. The number of esters is 2. The number of ether oxygens (including phenoxy) is 2. The molecule has 0 spiro atoms. The molecule has 1 saturated carbocycles. The van der Waals surface area contributed by atoms with Crippen molar-refractivity contribution in [1.29, 1.82) is 0 Å². The molecule has 2 amide bonds. The maximum Gasteiger partial charge on any atom is 0.338 e. The smallest absolute Gasteiger partial charge is 0.338 e. The van der Waals surface area contributed by atoms with Crippen LogP contribution in [-0.2, 0) is 24.5 Å². The second-order valence-corrected chi connectivity index (χ2v) is 7.27. The highest BCUT2D eigenvalue weighted by atomic mass is 35.5. The van der Waals surface area contributed by atoms with Crippen molar-refractivity contribution in [3.63, 3.8) is 0 Å². The number of carbonyl (C=O) groups is 3. The lowest BCUT2D eigenvalue weighted by molar-refractivity contribution is -0.146. The van der Waals surface area contributed by atoms with Gasteiger partial charge < -0.3 is 20.1 Å². The van der Waals surface area contributed by atoms with Crippen molar-refractivity contribution >= 4 is 29.6 Å². The minimum Gasteiger partial charge on any atom is -0.463 e. The highest BCUT2D eigenvalue weighted by molar-refractivity contribution is 6.30. The van der Waals surface area contributed by atoms with Gasteiger partial charge in [-0.3, -0.25) is 4.79 Å². The van der Waals surface area contributed by atoms with Crippen LogP contribution < -0.4 is 10.6 Å². The van der Waals surface area contributed by atoms with Crippen LogP contribution in [0.1, 0.15) is 38.7 Å². The minimum absolute atomic E-state index is 0.202. The van der Waals surface area contributed by atoms with Gasteiger partial charge in [0, 0.05) is 5.02 Å². The van der Waals surface area contributed by atoms with Gasteiger partial charge in [-0.05, 0) is 43.9 Å². The average Bonchev–Trinajstić information content (AvgIpc) is 3.48. The molecule has 8 heteroatoms. The third kappa shape index (κ3) is 3.99. The number of hydrogen-bond acceptors (Lipinski definition) is 5. The summed E-state index contributed by atoms with van der Waals surface area (Å²) in [5.74, 6) is -0.918. The van der Waals surface area contributed by atoms with Gasteiger partial charge in [0.05, 0.1) is 29.3 Å². The van der Waals surface area contributed by atoms with Crippen LogP contribution in [0.5, 0.6) is 0 Å². The predicted molar refractivity (Wildman–Crippen MR) is 103 cm³/mol. The largest absolute Gasteiger partial charge is 0.463 e. The predicted octanol–water partition coefficient (Wildman–Crippen LogP) is 2.82. The molecule has 1 aromatic carbocycles. The van der Waals surface area contributed by atoms with Gasteiger partial charge in [-0.2, -0.15) is 0 Å². The molecule has 1 heterocycles. The summed E-state index contributed by atoms with van der Waals surface area (Å²) in [5, 5.41) is 5.86. The maximum absolute atomic E-state index is 12.8. The first kappa shape index (κ1) is 20.2. The van der Waals surface area contributed by atoms with Crippen LogP contribution >= 0.6 is 11.6 Å².